The molecule has 0 radical (unpaired) electrons. The molecule has 0 saturated heterocycles. The number of hydrogen-bond acceptors (Lipinski definition) is 3. The summed E-state index contributed by atoms with van der Waals surface area (Å²) in [5.74, 6) is 0.774. The maximum absolute atomic E-state index is 5.55. The largest absolute Gasteiger partial charge is 0.443 e. The molecular weight excluding hydrogens is 176 g/mol. The Morgan fingerprint density at radius 3 is 3.00 bits per heavy atom. The van der Waals surface area contributed by atoms with E-state index in [0.29, 0.717) is 6.54 Å². The van der Waals surface area contributed by atoms with Crippen molar-refractivity contribution in [1.29, 1.82) is 0 Å². The van der Waals surface area contributed by atoms with Gasteiger partial charge in [0.05, 0.1) is 0 Å². The maximum Gasteiger partial charge on any atom is 0.181 e. The summed E-state index contributed by atoms with van der Waals surface area (Å²) in [6.45, 7) is 2.45. The van der Waals surface area contributed by atoms with Crippen molar-refractivity contribution in [2.24, 2.45) is 5.73 Å². The Morgan fingerprint density at radius 1 is 1.43 bits per heavy atom. The van der Waals surface area contributed by atoms with Crippen molar-refractivity contribution >= 4 is 0 Å². The van der Waals surface area contributed by atoms with Gasteiger partial charge >= 0.3 is 0 Å². The van der Waals surface area contributed by atoms with E-state index in [0.717, 1.165) is 17.0 Å². The fourth-order valence-corrected chi connectivity index (χ4v) is 1.44. The van der Waals surface area contributed by atoms with Crippen LogP contribution >= 0.6 is 0 Å². The minimum Gasteiger partial charge on any atom is -0.443 e. The second kappa shape index (κ2) is 3.64. The highest BCUT2D eigenvalue weighted by atomic mass is 16.3. The number of hydrogen-bond donors (Lipinski definition) is 1. The van der Waals surface area contributed by atoms with Gasteiger partial charge in [0, 0.05) is 12.1 Å². The highest BCUT2D eigenvalue weighted by Gasteiger charge is 2.08. The van der Waals surface area contributed by atoms with E-state index < -0.39 is 0 Å². The van der Waals surface area contributed by atoms with Gasteiger partial charge in [-0.3, -0.25) is 0 Å². The molecule has 72 valence electrons. The van der Waals surface area contributed by atoms with Crippen LogP contribution in [0.4, 0.5) is 0 Å². The Balaban J connectivity index is 2.49. The minimum absolute atomic E-state index is 0.403. The van der Waals surface area contributed by atoms with Crippen LogP contribution in [0.5, 0.6) is 0 Å². The summed E-state index contributed by atoms with van der Waals surface area (Å²) < 4.78 is 5.31. The van der Waals surface area contributed by atoms with Crippen molar-refractivity contribution in [1.82, 2.24) is 4.98 Å². The van der Waals surface area contributed by atoms with E-state index in [9.17, 15) is 0 Å². The van der Waals surface area contributed by atoms with Gasteiger partial charge in [0.1, 0.15) is 5.69 Å². The number of aryl methyl sites for hydroxylation is 1. The van der Waals surface area contributed by atoms with Gasteiger partial charge in [0.15, 0.2) is 12.2 Å². The lowest BCUT2D eigenvalue weighted by Gasteiger charge is -1.99. The van der Waals surface area contributed by atoms with E-state index >= 15 is 0 Å². The standard InChI is InChI=1S/C11H12N2O/c1-8-3-2-4-9(5-8)11-10(6-12)13-7-14-11/h2-5,7H,6,12H2,1H3. The predicted octanol–water partition coefficient (Wildman–Crippen LogP) is 2.11. The summed E-state index contributed by atoms with van der Waals surface area (Å²) in [5.41, 5.74) is 8.58. The zero-order chi connectivity index (χ0) is 9.97. The molecule has 2 N–H and O–H groups in total. The summed E-state index contributed by atoms with van der Waals surface area (Å²) in [7, 11) is 0. The lowest BCUT2D eigenvalue weighted by molar-refractivity contribution is 0.571. The first-order valence-corrected chi connectivity index (χ1v) is 4.50. The third kappa shape index (κ3) is 1.54. The van der Waals surface area contributed by atoms with E-state index in [1.54, 1.807) is 0 Å². The predicted molar refractivity (Wildman–Crippen MR) is 54.6 cm³/mol. The molecule has 1 aromatic carbocycles. The Labute approximate surface area is 82.6 Å². The number of nitrogens with two attached hydrogens (primary N) is 1. The first kappa shape index (κ1) is 8.97. The average molecular weight is 188 g/mol. The molecule has 0 atom stereocenters. The van der Waals surface area contributed by atoms with Crippen molar-refractivity contribution < 1.29 is 4.42 Å². The number of benzene rings is 1. The summed E-state index contributed by atoms with van der Waals surface area (Å²) >= 11 is 0. The fourth-order valence-electron chi connectivity index (χ4n) is 1.44. The zero-order valence-corrected chi connectivity index (χ0v) is 8.03. The molecule has 0 amide bonds. The Morgan fingerprint density at radius 2 is 2.29 bits per heavy atom. The first-order valence-electron chi connectivity index (χ1n) is 4.50. The van der Waals surface area contributed by atoms with Crippen LogP contribution < -0.4 is 5.73 Å². The van der Waals surface area contributed by atoms with Crippen LogP contribution in [0.1, 0.15) is 11.3 Å². The van der Waals surface area contributed by atoms with Gasteiger partial charge in [-0.05, 0) is 13.0 Å². The molecule has 0 aliphatic rings. The van der Waals surface area contributed by atoms with Gasteiger partial charge in [0.25, 0.3) is 0 Å². The van der Waals surface area contributed by atoms with Crippen molar-refractivity contribution in [3.05, 3.63) is 41.9 Å². The molecule has 0 fully saturated rings. The Kier molecular flexibility index (Phi) is 2.33. The lowest BCUT2D eigenvalue weighted by Crippen LogP contribution is -1.98. The second-order valence-electron chi connectivity index (χ2n) is 3.20. The molecule has 1 aromatic heterocycles. The molecule has 0 aliphatic carbocycles. The molecule has 2 rings (SSSR count). The fraction of sp³-hybridized carbons (Fsp3) is 0.182. The summed E-state index contributed by atoms with van der Waals surface area (Å²) in [4.78, 5) is 4.05. The quantitative estimate of drug-likeness (QED) is 0.785. The van der Waals surface area contributed by atoms with E-state index in [2.05, 4.69) is 11.1 Å². The maximum atomic E-state index is 5.55. The molecule has 0 spiro atoms. The lowest BCUT2D eigenvalue weighted by atomic mass is 10.1. The van der Waals surface area contributed by atoms with E-state index in [4.69, 9.17) is 10.2 Å². The number of aromatic nitrogens is 1. The van der Waals surface area contributed by atoms with Crippen LogP contribution in [-0.2, 0) is 6.54 Å². The van der Waals surface area contributed by atoms with E-state index in [1.165, 1.54) is 12.0 Å². The monoisotopic (exact) mass is 188 g/mol. The molecule has 2 aromatic rings. The first-order chi connectivity index (χ1) is 6.81. The molecule has 0 unspecified atom stereocenters. The van der Waals surface area contributed by atoms with Crippen LogP contribution in [0.3, 0.4) is 0 Å². The van der Waals surface area contributed by atoms with Crippen molar-refractivity contribution in [3.63, 3.8) is 0 Å². The van der Waals surface area contributed by atoms with Crippen molar-refractivity contribution in [3.8, 4) is 11.3 Å². The molecular formula is C11H12N2O. The smallest absolute Gasteiger partial charge is 0.181 e. The van der Waals surface area contributed by atoms with Crippen LogP contribution in [0.2, 0.25) is 0 Å². The highest BCUT2D eigenvalue weighted by Crippen LogP contribution is 2.23. The minimum atomic E-state index is 0.403. The molecule has 1 heterocycles. The summed E-state index contributed by atoms with van der Waals surface area (Å²) in [6, 6.07) is 8.09. The molecule has 0 saturated carbocycles. The normalized spacial score (nSPS) is 10.4. The highest BCUT2D eigenvalue weighted by molar-refractivity contribution is 5.60. The van der Waals surface area contributed by atoms with Gasteiger partial charge in [0.2, 0.25) is 0 Å². The average Bonchev–Trinajstić information content (AvgIpc) is 2.65. The number of nitrogens with zero attached hydrogens (tertiary/aromatic N) is 1. The van der Waals surface area contributed by atoms with Crippen molar-refractivity contribution in [2.75, 3.05) is 0 Å². The zero-order valence-electron chi connectivity index (χ0n) is 8.03. The van der Waals surface area contributed by atoms with Gasteiger partial charge in [-0.25, -0.2) is 4.98 Å². The Hall–Kier alpha value is -1.61. The summed E-state index contributed by atoms with van der Waals surface area (Å²) in [5, 5.41) is 0. The molecule has 3 heteroatoms. The molecule has 3 nitrogen and oxygen atoms in total. The van der Waals surface area contributed by atoms with Crippen LogP contribution in [0.15, 0.2) is 35.1 Å². The Bertz CT molecular complexity index is 434. The molecule has 0 bridgehead atoms. The number of rotatable bonds is 2. The van der Waals surface area contributed by atoms with Gasteiger partial charge < -0.3 is 10.2 Å². The number of oxazole rings is 1. The molecule has 14 heavy (non-hydrogen) atoms. The van der Waals surface area contributed by atoms with Crippen molar-refractivity contribution in [2.45, 2.75) is 13.5 Å². The van der Waals surface area contributed by atoms with Gasteiger partial charge in [-0.15, -0.1) is 0 Å². The third-order valence-electron chi connectivity index (χ3n) is 2.11. The topological polar surface area (TPSA) is 52.0 Å². The van der Waals surface area contributed by atoms with E-state index in [-0.39, 0.29) is 0 Å². The van der Waals surface area contributed by atoms with Gasteiger partial charge in [-0.2, -0.15) is 0 Å². The van der Waals surface area contributed by atoms with Crippen LogP contribution in [0.25, 0.3) is 11.3 Å². The second-order valence-corrected chi connectivity index (χ2v) is 3.20. The molecule has 0 aliphatic heterocycles. The van der Waals surface area contributed by atoms with E-state index in [1.807, 2.05) is 25.1 Å². The van der Waals surface area contributed by atoms with Crippen LogP contribution in [0, 0.1) is 6.92 Å². The van der Waals surface area contributed by atoms with Crippen LogP contribution in [-0.4, -0.2) is 4.98 Å². The van der Waals surface area contributed by atoms with Gasteiger partial charge in [-0.1, -0.05) is 23.8 Å². The third-order valence-corrected chi connectivity index (χ3v) is 2.11. The SMILES string of the molecule is Cc1cccc(-c2ocnc2CN)c1. The summed E-state index contributed by atoms with van der Waals surface area (Å²) in [6.07, 6.45) is 1.43.